The number of hydrogen-bond donors (Lipinski definition) is 0. The number of benzene rings is 2. The Bertz CT molecular complexity index is 2360. The Morgan fingerprint density at radius 2 is 0.879 bits per heavy atom. The van der Waals surface area contributed by atoms with Gasteiger partial charge in [-0.05, 0) is 161 Å². The summed E-state index contributed by atoms with van der Waals surface area (Å²) in [5.41, 5.74) is 1.55. The van der Waals surface area contributed by atoms with Crippen LogP contribution in [0, 0.1) is 10.6 Å². The van der Waals surface area contributed by atoms with Crippen molar-refractivity contribution in [3.8, 4) is 0 Å². The number of nitrogens with zero attached hydrogens (tertiary/aromatic N) is 4. The highest BCUT2D eigenvalue weighted by Gasteiger charge is 2.36. The average Bonchev–Trinajstić information content (AvgIpc) is 3.99. The SMILES string of the molecule is COC(=O)c1ccc(C2CCN(C(=O)OC(C)(C)C)C2)c2cc(C)n(C(=O)OC(C)(C)C)c12.COC(=O)c1ccc(C2CCN(C(=O)OC(C)(C)C)C2)c2cc(I)n(C(=O)OC(C)(C)C)c12. The Labute approximate surface area is 400 Å². The van der Waals surface area contributed by atoms with Gasteiger partial charge < -0.3 is 38.2 Å². The van der Waals surface area contributed by atoms with E-state index in [9.17, 15) is 28.8 Å². The number of amides is 2. The van der Waals surface area contributed by atoms with Crippen LogP contribution >= 0.6 is 22.6 Å². The largest absolute Gasteiger partial charge is 0.465 e. The molecule has 16 nitrogen and oxygen atoms in total. The van der Waals surface area contributed by atoms with E-state index in [4.69, 9.17) is 28.4 Å². The van der Waals surface area contributed by atoms with Crippen molar-refractivity contribution in [3.05, 3.63) is 68.0 Å². The summed E-state index contributed by atoms with van der Waals surface area (Å²) >= 11 is 2.07. The third kappa shape index (κ3) is 12.2. The molecule has 360 valence electrons. The van der Waals surface area contributed by atoms with E-state index in [0.717, 1.165) is 34.7 Å². The molecule has 2 saturated heterocycles. The Balaban J connectivity index is 0.000000247. The highest BCUT2D eigenvalue weighted by atomic mass is 127. The topological polar surface area (TPSA) is 174 Å². The number of methoxy groups -OCH3 is 2. The van der Waals surface area contributed by atoms with Gasteiger partial charge in [-0.1, -0.05) is 12.1 Å². The molecule has 0 N–H and O–H groups in total. The van der Waals surface area contributed by atoms with Gasteiger partial charge in [-0.25, -0.2) is 37.9 Å². The summed E-state index contributed by atoms with van der Waals surface area (Å²) in [6, 6.07) is 10.9. The lowest BCUT2D eigenvalue weighted by molar-refractivity contribution is 0.0282. The number of halogens is 1. The maximum atomic E-state index is 13.0. The number of likely N-dealkylation sites (tertiary alicyclic amines) is 2. The number of carbonyl (C=O) groups is 6. The molecule has 0 aliphatic carbocycles. The second kappa shape index (κ2) is 19.5. The molecule has 4 aromatic rings. The molecular formula is C49H65IN4O12. The lowest BCUT2D eigenvalue weighted by Gasteiger charge is -2.24. The molecule has 0 spiro atoms. The Hall–Kier alpha value is -5.33. The minimum Gasteiger partial charge on any atom is -0.465 e. The Morgan fingerprint density at radius 1 is 0.530 bits per heavy atom. The van der Waals surface area contributed by atoms with Crippen LogP contribution in [0.25, 0.3) is 21.8 Å². The van der Waals surface area contributed by atoms with Crippen LogP contribution in [-0.4, -0.2) is 118 Å². The zero-order valence-corrected chi connectivity index (χ0v) is 43.1. The predicted octanol–water partition coefficient (Wildman–Crippen LogP) is 10.8. The quantitative estimate of drug-likeness (QED) is 0.108. The van der Waals surface area contributed by atoms with Crippen molar-refractivity contribution >= 4 is 80.7 Å². The van der Waals surface area contributed by atoms with Gasteiger partial charge in [0.15, 0.2) is 0 Å². The number of ether oxygens (including phenoxy) is 6. The molecule has 0 bridgehead atoms. The van der Waals surface area contributed by atoms with Gasteiger partial charge in [0.25, 0.3) is 0 Å². The minimum absolute atomic E-state index is 0.0389. The van der Waals surface area contributed by atoms with Crippen LogP contribution in [0.4, 0.5) is 19.2 Å². The van der Waals surface area contributed by atoms with Gasteiger partial charge in [0.05, 0.1) is 40.1 Å². The molecule has 2 unspecified atom stereocenters. The average molecular weight is 1030 g/mol. The number of aryl methyl sites for hydroxylation is 1. The summed E-state index contributed by atoms with van der Waals surface area (Å²) in [6.45, 7) is 25.8. The first-order valence-electron chi connectivity index (χ1n) is 22.0. The normalized spacial score (nSPS) is 16.7. The molecule has 17 heteroatoms. The predicted molar refractivity (Wildman–Crippen MR) is 258 cm³/mol. The third-order valence-electron chi connectivity index (χ3n) is 10.7. The fraction of sp³-hybridized carbons (Fsp3) is 0.551. The van der Waals surface area contributed by atoms with Crippen LogP contribution < -0.4 is 0 Å². The lowest BCUT2D eigenvalue weighted by atomic mass is 9.93. The van der Waals surface area contributed by atoms with Crippen molar-refractivity contribution in [2.45, 2.75) is 137 Å². The van der Waals surface area contributed by atoms with Crippen molar-refractivity contribution in [1.29, 1.82) is 0 Å². The van der Waals surface area contributed by atoms with Gasteiger partial charge in [0.2, 0.25) is 0 Å². The second-order valence-electron chi connectivity index (χ2n) is 20.6. The maximum Gasteiger partial charge on any atom is 0.419 e. The molecule has 2 aliphatic rings. The van der Waals surface area contributed by atoms with Crippen LogP contribution in [0.1, 0.15) is 145 Å². The third-order valence-corrected chi connectivity index (χ3v) is 11.4. The molecule has 6 rings (SSSR count). The molecule has 66 heavy (non-hydrogen) atoms. The highest BCUT2D eigenvalue weighted by molar-refractivity contribution is 14.1. The van der Waals surface area contributed by atoms with E-state index in [2.05, 4.69) is 22.6 Å². The van der Waals surface area contributed by atoms with E-state index in [-0.39, 0.29) is 35.1 Å². The van der Waals surface area contributed by atoms with Crippen LogP contribution in [-0.2, 0) is 28.4 Å². The van der Waals surface area contributed by atoms with Gasteiger partial charge in [0, 0.05) is 54.5 Å². The molecule has 0 saturated carbocycles. The van der Waals surface area contributed by atoms with E-state index in [1.165, 1.54) is 23.4 Å². The molecule has 2 atom stereocenters. The van der Waals surface area contributed by atoms with Crippen molar-refractivity contribution in [2.75, 3.05) is 40.4 Å². The molecule has 2 aromatic heterocycles. The number of aromatic nitrogens is 2. The summed E-state index contributed by atoms with van der Waals surface area (Å²) in [4.78, 5) is 79.7. The molecule has 2 amide bonds. The molecular weight excluding hydrogens is 963 g/mol. The van der Waals surface area contributed by atoms with Crippen molar-refractivity contribution in [1.82, 2.24) is 18.9 Å². The van der Waals surface area contributed by atoms with Crippen LogP contribution in [0.3, 0.4) is 0 Å². The summed E-state index contributed by atoms with van der Waals surface area (Å²) in [6.07, 6.45) is -0.295. The molecule has 0 radical (unpaired) electrons. The molecule has 2 aliphatic heterocycles. The fourth-order valence-electron chi connectivity index (χ4n) is 8.08. The second-order valence-corrected chi connectivity index (χ2v) is 21.7. The number of fused-ring (bicyclic) bond motifs is 2. The lowest BCUT2D eigenvalue weighted by Crippen LogP contribution is -2.35. The Morgan fingerprint density at radius 3 is 1.26 bits per heavy atom. The van der Waals surface area contributed by atoms with E-state index >= 15 is 0 Å². The van der Waals surface area contributed by atoms with Gasteiger partial charge in [0.1, 0.15) is 22.4 Å². The van der Waals surface area contributed by atoms with Gasteiger partial charge >= 0.3 is 36.3 Å². The number of rotatable bonds is 4. The van der Waals surface area contributed by atoms with Gasteiger partial charge in [-0.3, -0.25) is 0 Å². The monoisotopic (exact) mass is 1030 g/mol. The van der Waals surface area contributed by atoms with Gasteiger partial charge in [-0.15, -0.1) is 0 Å². The molecule has 2 aromatic carbocycles. The maximum absolute atomic E-state index is 13.0. The van der Waals surface area contributed by atoms with E-state index in [1.54, 1.807) is 70.4 Å². The molecule has 4 heterocycles. The van der Waals surface area contributed by atoms with Crippen molar-refractivity contribution in [3.63, 3.8) is 0 Å². The summed E-state index contributed by atoms with van der Waals surface area (Å²) in [7, 11) is 2.62. The van der Waals surface area contributed by atoms with Crippen LogP contribution in [0.5, 0.6) is 0 Å². The number of carbonyl (C=O) groups excluding carboxylic acids is 6. The van der Waals surface area contributed by atoms with Gasteiger partial charge in [-0.2, -0.15) is 0 Å². The standard InChI is InChI=1S/C25H34N2O6.C24H31IN2O6/c1-15-13-19-17(16-11-12-26(14-16)22(29)32-24(2,3)4)9-10-18(21(28)31-8)20(19)27(15)23(30)33-25(5,6)7;1-23(2,3)32-21(29)26-11-10-14(13-26)15-8-9-16(20(28)31-7)19-17(15)12-18(25)27(19)22(30)33-24(4,5)6/h9-10,13,16H,11-12,14H2,1-8H3;8-9,12,14H,10-11,13H2,1-7H3. The first-order valence-corrected chi connectivity index (χ1v) is 23.1. The van der Waals surface area contributed by atoms with Crippen LogP contribution in [0.2, 0.25) is 0 Å². The van der Waals surface area contributed by atoms with E-state index in [1.807, 2.05) is 65.8 Å². The fourth-order valence-corrected chi connectivity index (χ4v) is 8.83. The number of hydrogen-bond acceptors (Lipinski definition) is 12. The van der Waals surface area contributed by atoms with Crippen molar-refractivity contribution in [2.24, 2.45) is 0 Å². The molecule has 2 fully saturated rings. The zero-order chi connectivity index (χ0) is 49.4. The number of esters is 2. The zero-order valence-electron chi connectivity index (χ0n) is 40.9. The van der Waals surface area contributed by atoms with E-state index in [0.29, 0.717) is 46.6 Å². The highest BCUT2D eigenvalue weighted by Crippen LogP contribution is 2.39. The van der Waals surface area contributed by atoms with Crippen LogP contribution in [0.15, 0.2) is 36.4 Å². The smallest absolute Gasteiger partial charge is 0.419 e. The minimum atomic E-state index is -0.695. The summed E-state index contributed by atoms with van der Waals surface area (Å²) in [5.74, 6) is -0.985. The van der Waals surface area contributed by atoms with Crippen molar-refractivity contribution < 1.29 is 57.2 Å². The van der Waals surface area contributed by atoms with E-state index < -0.39 is 46.5 Å². The summed E-state index contributed by atoms with van der Waals surface area (Å²) < 4.78 is 35.7. The Kier molecular flexibility index (Phi) is 15.2. The first-order chi connectivity index (χ1) is 30.4. The first kappa shape index (κ1) is 51.7. The summed E-state index contributed by atoms with van der Waals surface area (Å²) in [5, 5.41) is 1.54.